The van der Waals surface area contributed by atoms with Crippen molar-refractivity contribution in [3.63, 3.8) is 0 Å². The van der Waals surface area contributed by atoms with Crippen LogP contribution in [0.2, 0.25) is 0 Å². The van der Waals surface area contributed by atoms with E-state index in [1.165, 1.54) is 0 Å². The maximum atomic E-state index is 11.6. The van der Waals surface area contributed by atoms with Crippen LogP contribution in [0.3, 0.4) is 0 Å². The molecule has 2 amide bonds. The van der Waals surface area contributed by atoms with Crippen LogP contribution in [0.5, 0.6) is 0 Å². The normalized spacial score (nSPS) is 10.2. The van der Waals surface area contributed by atoms with Gasteiger partial charge in [-0.05, 0) is 19.8 Å². The van der Waals surface area contributed by atoms with Gasteiger partial charge < -0.3 is 15.7 Å². The zero-order valence-corrected chi connectivity index (χ0v) is 11.3. The molecule has 0 saturated heterocycles. The minimum Gasteiger partial charge on any atom is -0.481 e. The van der Waals surface area contributed by atoms with Gasteiger partial charge in [-0.1, -0.05) is 6.42 Å². The Bertz CT molecular complexity index is 442. The Hall–Kier alpha value is -2.05. The second-order valence-corrected chi connectivity index (χ2v) is 4.39. The van der Waals surface area contributed by atoms with Crippen LogP contribution in [0.25, 0.3) is 0 Å². The first kappa shape index (κ1) is 15.0. The first-order valence-corrected chi connectivity index (χ1v) is 6.26. The monoisotopic (exact) mass is 268 g/mol. The third kappa shape index (κ3) is 5.89. The minimum atomic E-state index is -0.780. The Morgan fingerprint density at radius 3 is 2.68 bits per heavy atom. The van der Waals surface area contributed by atoms with Gasteiger partial charge in [-0.3, -0.25) is 9.48 Å². The number of carbonyl (C=O) groups is 2. The molecule has 0 aromatic carbocycles. The number of carboxylic acids is 1. The summed E-state index contributed by atoms with van der Waals surface area (Å²) in [5.41, 5.74) is 1.45. The Morgan fingerprint density at radius 2 is 2.11 bits per heavy atom. The lowest BCUT2D eigenvalue weighted by Gasteiger charge is -2.06. The van der Waals surface area contributed by atoms with E-state index in [1.807, 2.05) is 6.92 Å². The average Bonchev–Trinajstić information content (AvgIpc) is 2.62. The quantitative estimate of drug-likeness (QED) is 0.653. The molecule has 106 valence electrons. The molecule has 0 aliphatic carbocycles. The molecule has 3 N–H and O–H groups in total. The molecule has 0 unspecified atom stereocenters. The second-order valence-electron chi connectivity index (χ2n) is 4.39. The molecule has 7 nitrogen and oxygen atoms in total. The number of aliphatic carboxylic acids is 1. The van der Waals surface area contributed by atoms with Crippen molar-refractivity contribution in [2.24, 2.45) is 7.05 Å². The molecular formula is C12H20N4O3. The van der Waals surface area contributed by atoms with E-state index in [0.717, 1.165) is 18.5 Å². The molecule has 1 heterocycles. The average molecular weight is 268 g/mol. The van der Waals surface area contributed by atoms with Gasteiger partial charge in [0.2, 0.25) is 0 Å². The maximum absolute atomic E-state index is 11.6. The molecule has 0 saturated carbocycles. The Labute approximate surface area is 112 Å². The highest BCUT2D eigenvalue weighted by molar-refractivity contribution is 5.89. The lowest BCUT2D eigenvalue weighted by atomic mass is 10.2. The molecule has 19 heavy (non-hydrogen) atoms. The molecule has 1 aromatic heterocycles. The molecule has 0 atom stereocenters. The van der Waals surface area contributed by atoms with Crippen molar-refractivity contribution in [1.82, 2.24) is 15.1 Å². The number of carbonyl (C=O) groups excluding carboxylic acids is 1. The number of nitrogens with zero attached hydrogens (tertiary/aromatic N) is 2. The van der Waals surface area contributed by atoms with Gasteiger partial charge >= 0.3 is 12.0 Å². The van der Waals surface area contributed by atoms with Gasteiger partial charge in [0, 0.05) is 26.2 Å². The number of urea groups is 1. The first-order chi connectivity index (χ1) is 8.99. The lowest BCUT2D eigenvalue weighted by molar-refractivity contribution is -0.137. The molecule has 0 aliphatic rings. The van der Waals surface area contributed by atoms with E-state index in [0.29, 0.717) is 18.7 Å². The van der Waals surface area contributed by atoms with Crippen molar-refractivity contribution >= 4 is 17.7 Å². The van der Waals surface area contributed by atoms with Crippen LogP contribution in [0.15, 0.2) is 6.20 Å². The van der Waals surface area contributed by atoms with Crippen LogP contribution < -0.4 is 10.6 Å². The number of nitrogens with one attached hydrogen (secondary N) is 2. The van der Waals surface area contributed by atoms with Crippen LogP contribution in [0.1, 0.15) is 31.4 Å². The van der Waals surface area contributed by atoms with Crippen molar-refractivity contribution in [3.05, 3.63) is 11.9 Å². The van der Waals surface area contributed by atoms with E-state index >= 15 is 0 Å². The Kier molecular flexibility index (Phi) is 5.84. The van der Waals surface area contributed by atoms with E-state index < -0.39 is 5.97 Å². The predicted octanol–water partition coefficient (Wildman–Crippen LogP) is 1.50. The third-order valence-electron chi connectivity index (χ3n) is 2.61. The fourth-order valence-corrected chi connectivity index (χ4v) is 1.67. The lowest BCUT2D eigenvalue weighted by Crippen LogP contribution is -2.29. The van der Waals surface area contributed by atoms with Gasteiger partial charge in [-0.2, -0.15) is 5.10 Å². The van der Waals surface area contributed by atoms with E-state index in [2.05, 4.69) is 15.7 Å². The fourth-order valence-electron chi connectivity index (χ4n) is 1.67. The number of unbranched alkanes of at least 4 members (excludes halogenated alkanes) is 2. The Morgan fingerprint density at radius 1 is 1.37 bits per heavy atom. The Balaban J connectivity index is 2.15. The van der Waals surface area contributed by atoms with Crippen LogP contribution >= 0.6 is 0 Å². The molecule has 0 radical (unpaired) electrons. The summed E-state index contributed by atoms with van der Waals surface area (Å²) in [7, 11) is 1.79. The standard InChI is InChI=1S/C12H20N4O3/c1-9-10(8-16(2)15-9)14-12(19)13-7-5-3-4-6-11(17)18/h8H,3-7H2,1-2H3,(H,17,18)(H2,13,14,19). The summed E-state index contributed by atoms with van der Waals surface area (Å²) in [6.07, 6.45) is 4.12. The van der Waals surface area contributed by atoms with Crippen molar-refractivity contribution in [2.45, 2.75) is 32.6 Å². The van der Waals surface area contributed by atoms with E-state index in [-0.39, 0.29) is 12.5 Å². The van der Waals surface area contributed by atoms with Crippen LogP contribution in [0, 0.1) is 6.92 Å². The summed E-state index contributed by atoms with van der Waals surface area (Å²) in [5.74, 6) is -0.780. The number of anilines is 1. The molecule has 7 heteroatoms. The number of hydrogen-bond donors (Lipinski definition) is 3. The van der Waals surface area contributed by atoms with Crippen LogP contribution in [-0.2, 0) is 11.8 Å². The zero-order valence-electron chi connectivity index (χ0n) is 11.3. The minimum absolute atomic E-state index is 0.182. The molecule has 0 fully saturated rings. The molecule has 0 spiro atoms. The van der Waals surface area contributed by atoms with E-state index in [4.69, 9.17) is 5.11 Å². The first-order valence-electron chi connectivity index (χ1n) is 6.26. The number of carboxylic acid groups (broad SMARTS) is 1. The fraction of sp³-hybridized carbons (Fsp3) is 0.583. The molecule has 1 aromatic rings. The largest absolute Gasteiger partial charge is 0.481 e. The smallest absolute Gasteiger partial charge is 0.319 e. The topological polar surface area (TPSA) is 96.3 Å². The number of hydrogen-bond acceptors (Lipinski definition) is 3. The second kappa shape index (κ2) is 7.40. The van der Waals surface area contributed by atoms with Crippen molar-refractivity contribution in [1.29, 1.82) is 0 Å². The van der Waals surface area contributed by atoms with Gasteiger partial charge in [0.1, 0.15) is 0 Å². The van der Waals surface area contributed by atoms with Crippen LogP contribution in [0.4, 0.5) is 10.5 Å². The van der Waals surface area contributed by atoms with Crippen molar-refractivity contribution < 1.29 is 14.7 Å². The zero-order chi connectivity index (χ0) is 14.3. The number of aryl methyl sites for hydroxylation is 2. The highest BCUT2D eigenvalue weighted by Gasteiger charge is 2.06. The van der Waals surface area contributed by atoms with Gasteiger partial charge in [0.05, 0.1) is 11.4 Å². The molecule has 0 bridgehead atoms. The molecular weight excluding hydrogens is 248 g/mol. The summed E-state index contributed by atoms with van der Waals surface area (Å²) in [6, 6.07) is -0.269. The highest BCUT2D eigenvalue weighted by Crippen LogP contribution is 2.10. The SMILES string of the molecule is Cc1nn(C)cc1NC(=O)NCCCCCC(=O)O. The predicted molar refractivity (Wildman–Crippen MR) is 71.1 cm³/mol. The van der Waals surface area contributed by atoms with Crippen molar-refractivity contribution in [2.75, 3.05) is 11.9 Å². The van der Waals surface area contributed by atoms with Gasteiger partial charge in [0.25, 0.3) is 0 Å². The number of aromatic nitrogens is 2. The summed E-state index contributed by atoms with van der Waals surface area (Å²) >= 11 is 0. The summed E-state index contributed by atoms with van der Waals surface area (Å²) in [4.78, 5) is 21.9. The van der Waals surface area contributed by atoms with Crippen molar-refractivity contribution in [3.8, 4) is 0 Å². The van der Waals surface area contributed by atoms with Gasteiger partial charge in [-0.25, -0.2) is 4.79 Å². The van der Waals surface area contributed by atoms with Gasteiger partial charge in [0.15, 0.2) is 0 Å². The molecule has 0 aliphatic heterocycles. The van der Waals surface area contributed by atoms with E-state index in [1.54, 1.807) is 17.9 Å². The summed E-state index contributed by atoms with van der Waals surface area (Å²) in [5, 5.41) is 18.0. The number of rotatable bonds is 7. The highest BCUT2D eigenvalue weighted by atomic mass is 16.4. The van der Waals surface area contributed by atoms with Crippen LogP contribution in [-0.4, -0.2) is 33.4 Å². The maximum Gasteiger partial charge on any atom is 0.319 e. The van der Waals surface area contributed by atoms with E-state index in [9.17, 15) is 9.59 Å². The summed E-state index contributed by atoms with van der Waals surface area (Å²) in [6.45, 7) is 2.35. The summed E-state index contributed by atoms with van der Waals surface area (Å²) < 4.78 is 1.64. The number of amides is 2. The van der Waals surface area contributed by atoms with Gasteiger partial charge in [-0.15, -0.1) is 0 Å². The third-order valence-corrected chi connectivity index (χ3v) is 2.61. The molecule has 1 rings (SSSR count).